The Kier molecular flexibility index (Phi) is 3.90. The number of nitrogens with one attached hydrogen (secondary N) is 1. The topological polar surface area (TPSA) is 49.4 Å². The number of benzene rings is 2. The van der Waals surface area contributed by atoms with E-state index in [0.717, 1.165) is 16.8 Å². The molecule has 1 heterocycles. The zero-order chi connectivity index (χ0) is 16.6. The minimum atomic E-state index is -0.517. The van der Waals surface area contributed by atoms with Gasteiger partial charge in [-0.1, -0.05) is 24.3 Å². The zero-order valence-electron chi connectivity index (χ0n) is 13.6. The number of hydrogen-bond acceptors (Lipinski definition) is 2. The van der Waals surface area contributed by atoms with Crippen LogP contribution in [0, 0.1) is 13.8 Å². The molecule has 3 rings (SSSR count). The lowest BCUT2D eigenvalue weighted by Gasteiger charge is -2.23. The van der Waals surface area contributed by atoms with Crippen LogP contribution >= 0.6 is 0 Å². The average Bonchev–Trinajstić information content (AvgIpc) is 2.87. The molecule has 0 radical (unpaired) electrons. The van der Waals surface area contributed by atoms with E-state index in [-0.39, 0.29) is 11.8 Å². The van der Waals surface area contributed by atoms with E-state index in [1.807, 2.05) is 56.3 Å². The summed E-state index contributed by atoms with van der Waals surface area (Å²) in [5.74, 6) is -0.252. The molecule has 0 spiro atoms. The smallest absolute Gasteiger partial charge is 0.255 e. The van der Waals surface area contributed by atoms with Crippen LogP contribution in [-0.2, 0) is 11.3 Å². The summed E-state index contributed by atoms with van der Waals surface area (Å²) in [4.78, 5) is 26.5. The van der Waals surface area contributed by atoms with Crippen molar-refractivity contribution in [2.24, 2.45) is 0 Å². The average molecular weight is 308 g/mol. The highest BCUT2D eigenvalue weighted by Gasteiger charge is 2.33. The van der Waals surface area contributed by atoms with E-state index in [9.17, 15) is 9.59 Å². The molecule has 1 aliphatic heterocycles. The number of rotatable bonds is 3. The van der Waals surface area contributed by atoms with Crippen LogP contribution in [0.1, 0.15) is 34.0 Å². The van der Waals surface area contributed by atoms with Crippen molar-refractivity contribution >= 4 is 17.5 Å². The standard InChI is InChI=1S/C19H20N2O2/c1-12-8-9-16(10-13(12)2)20-18(22)14(3)21-11-15-6-4-5-7-17(15)19(21)23/h4-10,14H,11H2,1-3H3,(H,20,22)/t14-/m1/s1. The molecule has 0 saturated carbocycles. The van der Waals surface area contributed by atoms with Gasteiger partial charge in [-0.25, -0.2) is 0 Å². The SMILES string of the molecule is Cc1ccc(NC(=O)[C@@H](C)N2Cc3ccccc3C2=O)cc1C. The first-order valence-corrected chi connectivity index (χ1v) is 7.74. The van der Waals surface area contributed by atoms with Crippen LogP contribution in [0.4, 0.5) is 5.69 Å². The minimum Gasteiger partial charge on any atom is -0.324 e. The maximum atomic E-state index is 12.5. The fourth-order valence-corrected chi connectivity index (χ4v) is 2.80. The van der Waals surface area contributed by atoms with E-state index >= 15 is 0 Å². The number of amides is 2. The zero-order valence-corrected chi connectivity index (χ0v) is 13.6. The lowest BCUT2D eigenvalue weighted by atomic mass is 10.1. The van der Waals surface area contributed by atoms with Gasteiger partial charge in [0, 0.05) is 17.8 Å². The van der Waals surface area contributed by atoms with Crippen LogP contribution in [0.25, 0.3) is 0 Å². The first-order chi connectivity index (χ1) is 11.0. The third kappa shape index (κ3) is 2.84. The van der Waals surface area contributed by atoms with Crippen LogP contribution in [0.3, 0.4) is 0 Å². The maximum Gasteiger partial charge on any atom is 0.255 e. The molecule has 2 amide bonds. The third-order valence-electron chi connectivity index (χ3n) is 4.47. The molecule has 0 fully saturated rings. The molecule has 1 aliphatic rings. The van der Waals surface area contributed by atoms with Gasteiger partial charge in [-0.2, -0.15) is 0 Å². The molecule has 118 valence electrons. The van der Waals surface area contributed by atoms with Crippen molar-refractivity contribution in [2.45, 2.75) is 33.4 Å². The Bertz CT molecular complexity index is 783. The molecule has 0 saturated heterocycles. The highest BCUT2D eigenvalue weighted by molar-refractivity contribution is 6.03. The van der Waals surface area contributed by atoms with Gasteiger partial charge < -0.3 is 10.2 Å². The van der Waals surface area contributed by atoms with Crippen molar-refractivity contribution in [3.05, 3.63) is 64.7 Å². The van der Waals surface area contributed by atoms with Crippen LogP contribution in [0.15, 0.2) is 42.5 Å². The van der Waals surface area contributed by atoms with Gasteiger partial charge in [0.15, 0.2) is 0 Å². The van der Waals surface area contributed by atoms with Gasteiger partial charge in [0.25, 0.3) is 5.91 Å². The summed E-state index contributed by atoms with van der Waals surface area (Å²) in [5, 5.41) is 2.90. The van der Waals surface area contributed by atoms with Crippen LogP contribution in [-0.4, -0.2) is 22.8 Å². The molecule has 4 nitrogen and oxygen atoms in total. The maximum absolute atomic E-state index is 12.5. The Labute approximate surface area is 136 Å². The Morgan fingerprint density at radius 2 is 1.87 bits per heavy atom. The Balaban J connectivity index is 1.73. The quantitative estimate of drug-likeness (QED) is 0.946. The summed E-state index contributed by atoms with van der Waals surface area (Å²) in [5.41, 5.74) is 4.73. The predicted octanol–water partition coefficient (Wildman–Crippen LogP) is 3.29. The number of anilines is 1. The normalized spacial score (nSPS) is 14.6. The van der Waals surface area contributed by atoms with Gasteiger partial charge in [0.05, 0.1) is 0 Å². The van der Waals surface area contributed by atoms with Gasteiger partial charge in [0.1, 0.15) is 6.04 Å². The van der Waals surface area contributed by atoms with Crippen LogP contribution < -0.4 is 5.32 Å². The van der Waals surface area contributed by atoms with Crippen molar-refractivity contribution < 1.29 is 9.59 Å². The Morgan fingerprint density at radius 1 is 1.13 bits per heavy atom. The predicted molar refractivity (Wildman–Crippen MR) is 90.3 cm³/mol. The van der Waals surface area contributed by atoms with Crippen molar-refractivity contribution in [2.75, 3.05) is 5.32 Å². The molecule has 2 aromatic carbocycles. The molecule has 1 N–H and O–H groups in total. The van der Waals surface area contributed by atoms with Crippen molar-refractivity contribution in [1.29, 1.82) is 0 Å². The lowest BCUT2D eigenvalue weighted by Crippen LogP contribution is -2.42. The molecular formula is C19H20N2O2. The summed E-state index contributed by atoms with van der Waals surface area (Å²) in [6, 6.07) is 12.8. The third-order valence-corrected chi connectivity index (χ3v) is 4.47. The summed E-state index contributed by atoms with van der Waals surface area (Å²) < 4.78 is 0. The molecule has 23 heavy (non-hydrogen) atoms. The molecule has 0 aliphatic carbocycles. The summed E-state index contributed by atoms with van der Waals surface area (Å²) >= 11 is 0. The van der Waals surface area contributed by atoms with Gasteiger partial charge in [-0.3, -0.25) is 9.59 Å². The Morgan fingerprint density at radius 3 is 2.57 bits per heavy atom. The van der Waals surface area contributed by atoms with E-state index in [1.54, 1.807) is 11.8 Å². The molecule has 0 aromatic heterocycles. The second kappa shape index (κ2) is 5.88. The molecule has 1 atom stereocenters. The molecular weight excluding hydrogens is 288 g/mol. The first-order valence-electron chi connectivity index (χ1n) is 7.74. The van der Waals surface area contributed by atoms with Gasteiger partial charge in [0.2, 0.25) is 5.91 Å². The number of hydrogen-bond donors (Lipinski definition) is 1. The van der Waals surface area contributed by atoms with Gasteiger partial charge >= 0.3 is 0 Å². The summed E-state index contributed by atoms with van der Waals surface area (Å²) in [7, 11) is 0. The molecule has 0 unspecified atom stereocenters. The highest BCUT2D eigenvalue weighted by atomic mass is 16.2. The van der Waals surface area contributed by atoms with Crippen LogP contribution in [0.2, 0.25) is 0 Å². The highest BCUT2D eigenvalue weighted by Crippen LogP contribution is 2.25. The van der Waals surface area contributed by atoms with Crippen molar-refractivity contribution in [3.8, 4) is 0 Å². The number of aryl methyl sites for hydroxylation is 2. The minimum absolute atomic E-state index is 0.0802. The van der Waals surface area contributed by atoms with Crippen molar-refractivity contribution in [3.63, 3.8) is 0 Å². The van der Waals surface area contributed by atoms with E-state index < -0.39 is 6.04 Å². The number of fused-ring (bicyclic) bond motifs is 1. The van der Waals surface area contributed by atoms with Gasteiger partial charge in [-0.15, -0.1) is 0 Å². The fraction of sp³-hybridized carbons (Fsp3) is 0.263. The first kappa shape index (κ1) is 15.3. The van der Waals surface area contributed by atoms with Crippen molar-refractivity contribution in [1.82, 2.24) is 4.90 Å². The second-order valence-electron chi connectivity index (χ2n) is 6.05. The van der Waals surface area contributed by atoms with E-state index in [1.165, 1.54) is 5.56 Å². The summed E-state index contributed by atoms with van der Waals surface area (Å²) in [6.07, 6.45) is 0. The number of carbonyl (C=O) groups excluding carboxylic acids is 2. The Hall–Kier alpha value is -2.62. The largest absolute Gasteiger partial charge is 0.324 e. The van der Waals surface area contributed by atoms with E-state index in [0.29, 0.717) is 12.1 Å². The molecule has 0 bridgehead atoms. The van der Waals surface area contributed by atoms with Gasteiger partial charge in [-0.05, 0) is 55.7 Å². The number of nitrogens with zero attached hydrogens (tertiary/aromatic N) is 1. The molecule has 2 aromatic rings. The second-order valence-corrected chi connectivity index (χ2v) is 6.05. The van der Waals surface area contributed by atoms with Crippen LogP contribution in [0.5, 0.6) is 0 Å². The fourth-order valence-electron chi connectivity index (χ4n) is 2.80. The monoisotopic (exact) mass is 308 g/mol. The summed E-state index contributed by atoms with van der Waals surface area (Å²) in [6.45, 7) is 6.29. The van der Waals surface area contributed by atoms with E-state index in [4.69, 9.17) is 0 Å². The lowest BCUT2D eigenvalue weighted by molar-refractivity contribution is -0.120. The molecule has 4 heteroatoms. The van der Waals surface area contributed by atoms with E-state index in [2.05, 4.69) is 5.32 Å². The number of carbonyl (C=O) groups is 2.